The smallest absolute Gasteiger partial charge is 0.255 e. The van der Waals surface area contributed by atoms with Gasteiger partial charge in [0.2, 0.25) is 5.95 Å². The predicted octanol–water partition coefficient (Wildman–Crippen LogP) is 0.306. The molecular formula is C19H22N6O3. The van der Waals surface area contributed by atoms with E-state index in [0.717, 1.165) is 0 Å². The highest BCUT2D eigenvalue weighted by molar-refractivity contribution is 5.99. The van der Waals surface area contributed by atoms with E-state index >= 15 is 0 Å². The third kappa shape index (κ3) is 3.94. The number of rotatable bonds is 3. The molecule has 28 heavy (non-hydrogen) atoms. The van der Waals surface area contributed by atoms with Crippen LogP contribution in [0.25, 0.3) is 0 Å². The van der Waals surface area contributed by atoms with Crippen LogP contribution in [0.2, 0.25) is 0 Å². The lowest BCUT2D eigenvalue weighted by Crippen LogP contribution is -2.49. The van der Waals surface area contributed by atoms with Gasteiger partial charge in [0.15, 0.2) is 0 Å². The molecule has 2 aromatic rings. The number of carbonyl (C=O) groups excluding carboxylic acids is 2. The molecule has 2 amide bonds. The molecule has 146 valence electrons. The second kappa shape index (κ2) is 8.30. The molecule has 0 spiro atoms. The van der Waals surface area contributed by atoms with Gasteiger partial charge in [0.1, 0.15) is 0 Å². The summed E-state index contributed by atoms with van der Waals surface area (Å²) in [4.78, 5) is 43.7. The average molecular weight is 382 g/mol. The van der Waals surface area contributed by atoms with Crippen LogP contribution in [0.5, 0.6) is 0 Å². The molecule has 9 nitrogen and oxygen atoms in total. The van der Waals surface area contributed by atoms with Crippen LogP contribution in [0.1, 0.15) is 20.7 Å². The van der Waals surface area contributed by atoms with E-state index in [2.05, 4.69) is 19.9 Å². The Balaban J connectivity index is 1.40. The number of ether oxygens (including phenoxy) is 1. The van der Waals surface area contributed by atoms with Crippen LogP contribution in [0, 0.1) is 0 Å². The molecule has 0 atom stereocenters. The zero-order valence-corrected chi connectivity index (χ0v) is 15.5. The Hall–Kier alpha value is -3.07. The van der Waals surface area contributed by atoms with Crippen LogP contribution in [0.4, 0.5) is 5.95 Å². The first-order valence-corrected chi connectivity index (χ1v) is 9.36. The van der Waals surface area contributed by atoms with Gasteiger partial charge in [0.25, 0.3) is 11.8 Å². The van der Waals surface area contributed by atoms with Crippen LogP contribution in [-0.2, 0) is 4.74 Å². The van der Waals surface area contributed by atoms with Crippen molar-refractivity contribution in [1.29, 1.82) is 0 Å². The van der Waals surface area contributed by atoms with Gasteiger partial charge in [-0.1, -0.05) is 0 Å². The summed E-state index contributed by atoms with van der Waals surface area (Å²) in [6.07, 6.45) is 6.45. The summed E-state index contributed by atoms with van der Waals surface area (Å²) in [5.74, 6) is 0.448. The number of hydrogen-bond acceptors (Lipinski definition) is 7. The first-order valence-electron chi connectivity index (χ1n) is 9.36. The molecule has 0 saturated carbocycles. The fraction of sp³-hybridized carbons (Fsp3) is 0.421. The van der Waals surface area contributed by atoms with E-state index < -0.39 is 0 Å². The molecule has 0 unspecified atom stereocenters. The normalized spacial score (nSPS) is 17.5. The van der Waals surface area contributed by atoms with Crippen LogP contribution in [0.15, 0.2) is 36.9 Å². The molecule has 4 rings (SSSR count). The van der Waals surface area contributed by atoms with Crippen LogP contribution in [-0.4, -0.2) is 89.0 Å². The number of hydrogen-bond donors (Lipinski definition) is 0. The van der Waals surface area contributed by atoms with Crippen molar-refractivity contribution < 1.29 is 14.3 Å². The summed E-state index contributed by atoms with van der Waals surface area (Å²) >= 11 is 0. The largest absolute Gasteiger partial charge is 0.378 e. The Labute approximate surface area is 163 Å². The number of morpholine rings is 1. The molecule has 0 radical (unpaired) electrons. The standard InChI is InChI=1S/C19H22N6O3/c26-17(23-4-6-25(7-5-23)19-21-2-1-3-22-19)15-12-16(14-20-13-15)18(27)24-8-10-28-11-9-24/h1-3,12-14H,4-11H2. The number of anilines is 1. The Bertz CT molecular complexity index is 833. The van der Waals surface area contributed by atoms with Gasteiger partial charge >= 0.3 is 0 Å². The molecule has 2 saturated heterocycles. The lowest BCUT2D eigenvalue weighted by atomic mass is 10.1. The van der Waals surface area contributed by atoms with E-state index in [0.29, 0.717) is 69.6 Å². The van der Waals surface area contributed by atoms with Crippen molar-refractivity contribution in [2.45, 2.75) is 0 Å². The minimum absolute atomic E-state index is 0.113. The molecule has 2 aliphatic rings. The summed E-state index contributed by atoms with van der Waals surface area (Å²) in [6, 6.07) is 3.42. The lowest BCUT2D eigenvalue weighted by molar-refractivity contribution is 0.0302. The number of piperazine rings is 1. The van der Waals surface area contributed by atoms with Crippen molar-refractivity contribution in [2.24, 2.45) is 0 Å². The second-order valence-corrected chi connectivity index (χ2v) is 6.69. The van der Waals surface area contributed by atoms with Crippen LogP contribution in [0.3, 0.4) is 0 Å². The SMILES string of the molecule is O=C(c1cncc(C(=O)N2CCN(c3ncccn3)CC2)c1)N1CCOCC1. The first kappa shape index (κ1) is 18.3. The van der Waals surface area contributed by atoms with Crippen LogP contribution >= 0.6 is 0 Å². The van der Waals surface area contributed by atoms with Gasteiger partial charge in [0.05, 0.1) is 24.3 Å². The summed E-state index contributed by atoms with van der Waals surface area (Å²) in [7, 11) is 0. The first-order chi connectivity index (χ1) is 13.7. The van der Waals surface area contributed by atoms with Gasteiger partial charge in [-0.15, -0.1) is 0 Å². The molecule has 2 fully saturated rings. The maximum absolute atomic E-state index is 12.9. The third-order valence-electron chi connectivity index (χ3n) is 4.93. The van der Waals surface area contributed by atoms with E-state index in [1.54, 1.807) is 34.3 Å². The summed E-state index contributed by atoms with van der Waals surface area (Å²) < 4.78 is 5.28. The molecule has 0 aliphatic carbocycles. The fourth-order valence-corrected chi connectivity index (χ4v) is 3.37. The Morgan fingerprint density at radius 3 is 2.00 bits per heavy atom. The maximum Gasteiger partial charge on any atom is 0.255 e. The predicted molar refractivity (Wildman–Crippen MR) is 101 cm³/mol. The Kier molecular flexibility index (Phi) is 5.43. The van der Waals surface area contributed by atoms with Crippen molar-refractivity contribution >= 4 is 17.8 Å². The van der Waals surface area contributed by atoms with E-state index in [9.17, 15) is 9.59 Å². The van der Waals surface area contributed by atoms with Crippen molar-refractivity contribution in [3.05, 3.63) is 48.0 Å². The molecule has 0 aromatic carbocycles. The van der Waals surface area contributed by atoms with Crippen molar-refractivity contribution in [1.82, 2.24) is 24.8 Å². The lowest BCUT2D eigenvalue weighted by Gasteiger charge is -2.34. The van der Waals surface area contributed by atoms with Gasteiger partial charge in [0, 0.05) is 64.1 Å². The van der Waals surface area contributed by atoms with Gasteiger partial charge < -0.3 is 19.4 Å². The molecule has 0 N–H and O–H groups in total. The maximum atomic E-state index is 12.9. The summed E-state index contributed by atoms with van der Waals surface area (Å²) in [6.45, 7) is 4.64. The van der Waals surface area contributed by atoms with E-state index in [4.69, 9.17) is 4.74 Å². The monoisotopic (exact) mass is 382 g/mol. The summed E-state index contributed by atoms with van der Waals surface area (Å²) in [5.41, 5.74) is 0.868. The van der Waals surface area contributed by atoms with Gasteiger partial charge in [-0.3, -0.25) is 14.6 Å². The number of carbonyl (C=O) groups is 2. The number of nitrogens with zero attached hydrogens (tertiary/aromatic N) is 6. The van der Waals surface area contributed by atoms with Gasteiger partial charge in [-0.25, -0.2) is 9.97 Å². The zero-order chi connectivity index (χ0) is 19.3. The Morgan fingerprint density at radius 2 is 1.39 bits per heavy atom. The van der Waals surface area contributed by atoms with E-state index in [1.807, 2.05) is 0 Å². The van der Waals surface area contributed by atoms with Crippen molar-refractivity contribution in [3.63, 3.8) is 0 Å². The van der Waals surface area contributed by atoms with E-state index in [1.165, 1.54) is 12.4 Å². The molecule has 2 aliphatic heterocycles. The highest BCUT2D eigenvalue weighted by Crippen LogP contribution is 2.14. The molecule has 2 aromatic heterocycles. The van der Waals surface area contributed by atoms with Gasteiger partial charge in [-0.2, -0.15) is 0 Å². The second-order valence-electron chi connectivity index (χ2n) is 6.69. The Morgan fingerprint density at radius 1 is 0.821 bits per heavy atom. The number of amides is 2. The summed E-state index contributed by atoms with van der Waals surface area (Å²) in [5, 5.41) is 0. The number of pyridine rings is 1. The van der Waals surface area contributed by atoms with Crippen molar-refractivity contribution in [2.75, 3.05) is 57.4 Å². The molecule has 4 heterocycles. The topological polar surface area (TPSA) is 91.8 Å². The highest BCUT2D eigenvalue weighted by atomic mass is 16.5. The van der Waals surface area contributed by atoms with E-state index in [-0.39, 0.29) is 11.8 Å². The minimum Gasteiger partial charge on any atom is -0.378 e. The molecular weight excluding hydrogens is 360 g/mol. The fourth-order valence-electron chi connectivity index (χ4n) is 3.37. The zero-order valence-electron chi connectivity index (χ0n) is 15.5. The minimum atomic E-state index is -0.114. The molecule has 9 heteroatoms. The van der Waals surface area contributed by atoms with Crippen molar-refractivity contribution in [3.8, 4) is 0 Å². The average Bonchev–Trinajstić information content (AvgIpc) is 2.79. The van der Waals surface area contributed by atoms with Crippen LogP contribution < -0.4 is 4.90 Å². The third-order valence-corrected chi connectivity index (χ3v) is 4.93. The molecule has 0 bridgehead atoms. The highest BCUT2D eigenvalue weighted by Gasteiger charge is 2.25. The van der Waals surface area contributed by atoms with Gasteiger partial charge in [-0.05, 0) is 12.1 Å². The quantitative estimate of drug-likeness (QED) is 0.754. The number of aromatic nitrogens is 3.